The Hall–Kier alpha value is -1.67. The molecule has 5 nitrogen and oxygen atoms in total. The summed E-state index contributed by atoms with van der Waals surface area (Å²) < 4.78 is 0. The molecule has 2 saturated heterocycles. The first-order valence-corrected chi connectivity index (χ1v) is 5.93. The molecule has 0 saturated carbocycles. The molecular weight excluding hydrogens is 214 g/mol. The van der Waals surface area contributed by atoms with Gasteiger partial charge in [0.1, 0.15) is 11.9 Å². The highest BCUT2D eigenvalue weighted by Gasteiger charge is 2.39. The first-order valence-electron chi connectivity index (χ1n) is 5.93. The Morgan fingerprint density at radius 2 is 2.00 bits per heavy atom. The van der Waals surface area contributed by atoms with Gasteiger partial charge in [0, 0.05) is 32.4 Å². The standard InChI is InChI=1S/C12H15N5/c1-16-5-9-7-17(8-10(9)6-16)12-2-3-14-11(4-13)15-12/h2-3,9-10H,5-8H2,1H3. The van der Waals surface area contributed by atoms with Crippen LogP contribution in [0.5, 0.6) is 0 Å². The van der Waals surface area contributed by atoms with Crippen molar-refractivity contribution in [1.29, 1.82) is 5.26 Å². The van der Waals surface area contributed by atoms with E-state index >= 15 is 0 Å². The zero-order chi connectivity index (χ0) is 11.8. The largest absolute Gasteiger partial charge is 0.356 e. The Labute approximate surface area is 101 Å². The summed E-state index contributed by atoms with van der Waals surface area (Å²) in [5, 5.41) is 8.80. The quantitative estimate of drug-likeness (QED) is 0.695. The average Bonchev–Trinajstić information content (AvgIpc) is 2.86. The fourth-order valence-corrected chi connectivity index (χ4v) is 2.99. The zero-order valence-electron chi connectivity index (χ0n) is 9.87. The molecule has 0 bridgehead atoms. The lowest BCUT2D eigenvalue weighted by atomic mass is 10.0. The molecular formula is C12H15N5. The van der Waals surface area contributed by atoms with Crippen molar-refractivity contribution in [1.82, 2.24) is 14.9 Å². The molecule has 5 heteroatoms. The van der Waals surface area contributed by atoms with Gasteiger partial charge in [-0.2, -0.15) is 5.26 Å². The fourth-order valence-electron chi connectivity index (χ4n) is 2.99. The van der Waals surface area contributed by atoms with E-state index in [1.54, 1.807) is 6.20 Å². The summed E-state index contributed by atoms with van der Waals surface area (Å²) in [6, 6.07) is 3.89. The van der Waals surface area contributed by atoms with Gasteiger partial charge in [0.15, 0.2) is 0 Å². The summed E-state index contributed by atoms with van der Waals surface area (Å²) >= 11 is 0. The highest BCUT2D eigenvalue weighted by molar-refractivity contribution is 5.41. The average molecular weight is 229 g/mol. The minimum absolute atomic E-state index is 0.261. The van der Waals surface area contributed by atoms with E-state index in [0.717, 1.165) is 30.7 Å². The van der Waals surface area contributed by atoms with Gasteiger partial charge in [-0.05, 0) is 24.9 Å². The van der Waals surface area contributed by atoms with Crippen molar-refractivity contribution in [2.24, 2.45) is 11.8 Å². The third kappa shape index (κ3) is 1.85. The second kappa shape index (κ2) is 3.97. The van der Waals surface area contributed by atoms with Gasteiger partial charge in [0.05, 0.1) is 0 Å². The third-order valence-corrected chi connectivity index (χ3v) is 3.73. The molecule has 3 heterocycles. The van der Waals surface area contributed by atoms with Crippen molar-refractivity contribution in [3.63, 3.8) is 0 Å². The molecule has 0 aliphatic carbocycles. The third-order valence-electron chi connectivity index (χ3n) is 3.73. The molecule has 0 radical (unpaired) electrons. The lowest BCUT2D eigenvalue weighted by Gasteiger charge is -2.19. The first kappa shape index (κ1) is 10.5. The van der Waals surface area contributed by atoms with Gasteiger partial charge in [-0.25, -0.2) is 9.97 Å². The summed E-state index contributed by atoms with van der Waals surface area (Å²) in [5.74, 6) is 2.66. The van der Waals surface area contributed by atoms with Crippen LogP contribution in [0.15, 0.2) is 12.3 Å². The Morgan fingerprint density at radius 1 is 1.29 bits per heavy atom. The Kier molecular flexibility index (Phi) is 2.45. The van der Waals surface area contributed by atoms with Gasteiger partial charge in [0.2, 0.25) is 5.82 Å². The van der Waals surface area contributed by atoms with E-state index in [2.05, 4.69) is 26.8 Å². The zero-order valence-corrected chi connectivity index (χ0v) is 9.87. The van der Waals surface area contributed by atoms with Crippen LogP contribution in [0, 0.1) is 23.2 Å². The minimum atomic E-state index is 0.261. The molecule has 17 heavy (non-hydrogen) atoms. The second-order valence-electron chi connectivity index (χ2n) is 5.00. The van der Waals surface area contributed by atoms with Crippen LogP contribution < -0.4 is 4.90 Å². The summed E-state index contributed by atoms with van der Waals surface area (Å²) in [4.78, 5) is 12.8. The van der Waals surface area contributed by atoms with E-state index in [1.807, 2.05) is 12.1 Å². The Bertz CT molecular complexity index is 452. The van der Waals surface area contributed by atoms with Crippen LogP contribution in [0.3, 0.4) is 0 Å². The molecule has 2 fully saturated rings. The Morgan fingerprint density at radius 3 is 2.65 bits per heavy atom. The van der Waals surface area contributed by atoms with Crippen LogP contribution in [0.2, 0.25) is 0 Å². The number of fused-ring (bicyclic) bond motifs is 1. The van der Waals surface area contributed by atoms with Gasteiger partial charge in [0.25, 0.3) is 0 Å². The maximum absolute atomic E-state index is 8.80. The number of likely N-dealkylation sites (tertiary alicyclic amines) is 1. The van der Waals surface area contributed by atoms with Crippen molar-refractivity contribution in [3.8, 4) is 6.07 Å². The van der Waals surface area contributed by atoms with Crippen LogP contribution in [-0.2, 0) is 0 Å². The first-order chi connectivity index (χ1) is 8.26. The van der Waals surface area contributed by atoms with E-state index in [4.69, 9.17) is 5.26 Å². The van der Waals surface area contributed by atoms with Crippen LogP contribution in [0.1, 0.15) is 5.82 Å². The molecule has 0 spiro atoms. The lowest BCUT2D eigenvalue weighted by molar-refractivity contribution is 0.387. The van der Waals surface area contributed by atoms with Crippen LogP contribution in [-0.4, -0.2) is 48.1 Å². The molecule has 1 aromatic rings. The molecule has 2 aliphatic rings. The van der Waals surface area contributed by atoms with Crippen molar-refractivity contribution in [3.05, 3.63) is 18.1 Å². The molecule has 0 N–H and O–H groups in total. The molecule has 0 aromatic carbocycles. The van der Waals surface area contributed by atoms with Gasteiger partial charge in [-0.3, -0.25) is 0 Å². The van der Waals surface area contributed by atoms with E-state index in [0.29, 0.717) is 0 Å². The predicted octanol–water partition coefficient (Wildman–Crippen LogP) is 0.346. The normalized spacial score (nSPS) is 28.1. The number of hydrogen-bond acceptors (Lipinski definition) is 5. The second-order valence-corrected chi connectivity index (χ2v) is 5.00. The highest BCUT2D eigenvalue weighted by Crippen LogP contribution is 2.32. The monoisotopic (exact) mass is 229 g/mol. The minimum Gasteiger partial charge on any atom is -0.356 e. The topological polar surface area (TPSA) is 56.0 Å². The van der Waals surface area contributed by atoms with E-state index in [1.165, 1.54) is 13.1 Å². The van der Waals surface area contributed by atoms with Crippen molar-refractivity contribution >= 4 is 5.82 Å². The SMILES string of the molecule is CN1CC2CN(c3ccnc(C#N)n3)CC2C1. The van der Waals surface area contributed by atoms with Crippen LogP contribution in [0.25, 0.3) is 0 Å². The maximum atomic E-state index is 8.80. The molecule has 88 valence electrons. The summed E-state index contributed by atoms with van der Waals surface area (Å²) in [5.41, 5.74) is 0. The van der Waals surface area contributed by atoms with E-state index < -0.39 is 0 Å². The number of hydrogen-bond donors (Lipinski definition) is 0. The molecule has 3 rings (SSSR count). The Balaban J connectivity index is 1.77. The summed E-state index contributed by atoms with van der Waals surface area (Å²) in [6.07, 6.45) is 1.67. The molecule has 2 unspecified atom stereocenters. The van der Waals surface area contributed by atoms with Crippen LogP contribution in [0.4, 0.5) is 5.82 Å². The molecule has 2 atom stereocenters. The molecule has 1 aromatic heterocycles. The number of nitrogens with zero attached hydrogens (tertiary/aromatic N) is 5. The summed E-state index contributed by atoms with van der Waals surface area (Å²) in [6.45, 7) is 4.46. The van der Waals surface area contributed by atoms with Gasteiger partial charge in [-0.1, -0.05) is 0 Å². The van der Waals surface area contributed by atoms with Crippen molar-refractivity contribution in [2.75, 3.05) is 38.1 Å². The van der Waals surface area contributed by atoms with Crippen molar-refractivity contribution in [2.45, 2.75) is 0 Å². The number of nitriles is 1. The van der Waals surface area contributed by atoms with Crippen LogP contribution >= 0.6 is 0 Å². The van der Waals surface area contributed by atoms with E-state index in [-0.39, 0.29) is 5.82 Å². The highest BCUT2D eigenvalue weighted by atomic mass is 15.3. The van der Waals surface area contributed by atoms with Gasteiger partial charge < -0.3 is 9.80 Å². The van der Waals surface area contributed by atoms with E-state index in [9.17, 15) is 0 Å². The fraction of sp³-hybridized carbons (Fsp3) is 0.583. The molecule has 0 amide bonds. The maximum Gasteiger partial charge on any atom is 0.234 e. The lowest BCUT2D eigenvalue weighted by Crippen LogP contribution is -2.27. The predicted molar refractivity (Wildman–Crippen MR) is 63.4 cm³/mol. The summed E-state index contributed by atoms with van der Waals surface area (Å²) in [7, 11) is 2.18. The number of rotatable bonds is 1. The van der Waals surface area contributed by atoms with Gasteiger partial charge >= 0.3 is 0 Å². The number of anilines is 1. The smallest absolute Gasteiger partial charge is 0.234 e. The number of aromatic nitrogens is 2. The molecule has 2 aliphatic heterocycles. The van der Waals surface area contributed by atoms with Gasteiger partial charge in [-0.15, -0.1) is 0 Å². The van der Waals surface area contributed by atoms with Crippen molar-refractivity contribution < 1.29 is 0 Å².